The Bertz CT molecular complexity index is 788. The van der Waals surface area contributed by atoms with Crippen LogP contribution in [0.3, 0.4) is 0 Å². The summed E-state index contributed by atoms with van der Waals surface area (Å²) in [7, 11) is 0. The van der Waals surface area contributed by atoms with Crippen LogP contribution in [0.2, 0.25) is 0 Å². The molecule has 0 fully saturated rings. The van der Waals surface area contributed by atoms with Gasteiger partial charge in [0.1, 0.15) is 11.5 Å². The van der Waals surface area contributed by atoms with E-state index in [0.717, 1.165) is 11.3 Å². The largest absolute Gasteiger partial charge is 0.507 e. The van der Waals surface area contributed by atoms with Gasteiger partial charge in [0.2, 0.25) is 0 Å². The SMILES string of the molecule is Cc1ccc(NCC(=O)N/N=C/c2c(C)c(Br)c(O)c(C)c2O)cc1. The van der Waals surface area contributed by atoms with Crippen LogP contribution in [0.25, 0.3) is 0 Å². The summed E-state index contributed by atoms with van der Waals surface area (Å²) in [6, 6.07) is 7.69. The van der Waals surface area contributed by atoms with Gasteiger partial charge in [-0.25, -0.2) is 5.43 Å². The van der Waals surface area contributed by atoms with Crippen LogP contribution in [0, 0.1) is 20.8 Å². The van der Waals surface area contributed by atoms with E-state index >= 15 is 0 Å². The molecule has 0 aliphatic heterocycles. The quantitative estimate of drug-likeness (QED) is 0.453. The molecule has 6 nitrogen and oxygen atoms in total. The summed E-state index contributed by atoms with van der Waals surface area (Å²) in [4.78, 5) is 11.8. The van der Waals surface area contributed by atoms with Crippen molar-refractivity contribution in [2.75, 3.05) is 11.9 Å². The van der Waals surface area contributed by atoms with E-state index in [1.165, 1.54) is 6.21 Å². The molecule has 1 amide bonds. The molecule has 0 aromatic heterocycles. The first-order valence-corrected chi connectivity index (χ1v) is 8.43. The van der Waals surface area contributed by atoms with E-state index in [2.05, 4.69) is 31.8 Å². The Labute approximate surface area is 154 Å². The molecule has 0 atom stereocenters. The minimum Gasteiger partial charge on any atom is -0.507 e. The predicted molar refractivity (Wildman–Crippen MR) is 102 cm³/mol. The van der Waals surface area contributed by atoms with Gasteiger partial charge >= 0.3 is 0 Å². The maximum atomic E-state index is 11.8. The zero-order chi connectivity index (χ0) is 18.6. The van der Waals surface area contributed by atoms with Gasteiger partial charge in [0, 0.05) is 16.8 Å². The minimum atomic E-state index is -0.316. The van der Waals surface area contributed by atoms with Crippen molar-refractivity contribution in [2.24, 2.45) is 5.10 Å². The first-order chi connectivity index (χ1) is 11.8. The number of carbonyl (C=O) groups excluding carboxylic acids is 1. The van der Waals surface area contributed by atoms with Crippen molar-refractivity contribution in [1.29, 1.82) is 0 Å². The van der Waals surface area contributed by atoms with Crippen LogP contribution in [0.4, 0.5) is 5.69 Å². The number of nitrogens with zero attached hydrogens (tertiary/aromatic N) is 1. The molecule has 25 heavy (non-hydrogen) atoms. The molecular formula is C18H20BrN3O3. The number of nitrogens with one attached hydrogen (secondary N) is 2. The van der Waals surface area contributed by atoms with Crippen LogP contribution >= 0.6 is 15.9 Å². The summed E-state index contributed by atoms with van der Waals surface area (Å²) < 4.78 is 0.483. The van der Waals surface area contributed by atoms with E-state index in [1.807, 2.05) is 31.2 Å². The van der Waals surface area contributed by atoms with Gasteiger partial charge in [-0.1, -0.05) is 17.7 Å². The van der Waals surface area contributed by atoms with Crippen molar-refractivity contribution in [3.05, 3.63) is 51.0 Å². The highest BCUT2D eigenvalue weighted by Crippen LogP contribution is 2.39. The van der Waals surface area contributed by atoms with Gasteiger partial charge < -0.3 is 15.5 Å². The molecule has 2 aromatic carbocycles. The molecule has 0 spiro atoms. The van der Waals surface area contributed by atoms with E-state index in [4.69, 9.17) is 0 Å². The second-order valence-corrected chi connectivity index (χ2v) is 6.48. The molecule has 0 heterocycles. The maximum absolute atomic E-state index is 11.8. The van der Waals surface area contributed by atoms with Gasteiger partial charge in [0.05, 0.1) is 17.2 Å². The molecule has 7 heteroatoms. The van der Waals surface area contributed by atoms with Gasteiger partial charge in [-0.05, 0) is 54.4 Å². The Morgan fingerprint density at radius 2 is 1.76 bits per heavy atom. The average Bonchev–Trinajstić information content (AvgIpc) is 2.60. The maximum Gasteiger partial charge on any atom is 0.259 e. The van der Waals surface area contributed by atoms with Gasteiger partial charge in [-0.2, -0.15) is 5.10 Å². The third-order valence-electron chi connectivity index (χ3n) is 3.79. The first-order valence-electron chi connectivity index (χ1n) is 7.64. The number of carbonyl (C=O) groups is 1. The second-order valence-electron chi connectivity index (χ2n) is 5.69. The third-order valence-corrected chi connectivity index (χ3v) is 4.76. The highest BCUT2D eigenvalue weighted by Gasteiger charge is 2.16. The molecule has 0 bridgehead atoms. The van der Waals surface area contributed by atoms with E-state index < -0.39 is 0 Å². The first kappa shape index (κ1) is 18.8. The van der Waals surface area contributed by atoms with E-state index in [9.17, 15) is 15.0 Å². The van der Waals surface area contributed by atoms with E-state index in [-0.39, 0.29) is 24.0 Å². The van der Waals surface area contributed by atoms with Crippen molar-refractivity contribution >= 4 is 33.7 Å². The van der Waals surface area contributed by atoms with Crippen molar-refractivity contribution in [3.8, 4) is 11.5 Å². The fraction of sp³-hybridized carbons (Fsp3) is 0.222. The van der Waals surface area contributed by atoms with Gasteiger partial charge in [-0.15, -0.1) is 0 Å². The normalized spacial score (nSPS) is 10.9. The number of aromatic hydroxyl groups is 2. The molecule has 2 aromatic rings. The third kappa shape index (κ3) is 4.51. The number of benzene rings is 2. The smallest absolute Gasteiger partial charge is 0.259 e. The Morgan fingerprint density at radius 3 is 2.40 bits per heavy atom. The topological polar surface area (TPSA) is 94.0 Å². The standard InChI is InChI=1S/C18H20BrN3O3/c1-10-4-6-13(7-5-10)20-9-15(23)22-21-8-14-11(2)16(19)18(25)12(3)17(14)24/h4-8,20,24-25H,9H2,1-3H3,(H,22,23)/b21-8+. The van der Waals surface area contributed by atoms with Crippen molar-refractivity contribution in [2.45, 2.75) is 20.8 Å². The number of phenols is 2. The minimum absolute atomic E-state index is 0.0153. The zero-order valence-electron chi connectivity index (χ0n) is 14.2. The number of rotatable bonds is 5. The lowest BCUT2D eigenvalue weighted by Crippen LogP contribution is -2.25. The van der Waals surface area contributed by atoms with Crippen LogP contribution in [-0.4, -0.2) is 28.9 Å². The van der Waals surface area contributed by atoms with Gasteiger partial charge in [0.15, 0.2) is 0 Å². The lowest BCUT2D eigenvalue weighted by Gasteiger charge is -2.12. The van der Waals surface area contributed by atoms with E-state index in [1.54, 1.807) is 13.8 Å². The summed E-state index contributed by atoms with van der Waals surface area (Å²) in [5.41, 5.74) is 5.77. The number of halogens is 1. The number of amides is 1. The number of hydrogen-bond acceptors (Lipinski definition) is 5. The molecule has 0 saturated heterocycles. The Hall–Kier alpha value is -2.54. The fourth-order valence-corrected chi connectivity index (χ4v) is 2.68. The van der Waals surface area contributed by atoms with Crippen molar-refractivity contribution in [3.63, 3.8) is 0 Å². The summed E-state index contributed by atoms with van der Waals surface area (Å²) in [6.07, 6.45) is 1.35. The fourth-order valence-electron chi connectivity index (χ4n) is 2.17. The number of anilines is 1. The van der Waals surface area contributed by atoms with Crippen molar-refractivity contribution in [1.82, 2.24) is 5.43 Å². The summed E-state index contributed by atoms with van der Waals surface area (Å²) in [5, 5.41) is 26.9. The van der Waals surface area contributed by atoms with Crippen LogP contribution in [0.5, 0.6) is 11.5 Å². The number of hydrogen-bond donors (Lipinski definition) is 4. The van der Waals surface area contributed by atoms with Crippen LogP contribution in [0.15, 0.2) is 33.8 Å². The Kier molecular flexibility index (Phi) is 6.03. The highest BCUT2D eigenvalue weighted by atomic mass is 79.9. The predicted octanol–water partition coefficient (Wildman–Crippen LogP) is 3.35. The molecule has 0 saturated carbocycles. The number of aryl methyl sites for hydroxylation is 1. The Balaban J connectivity index is 1.99. The molecule has 0 aliphatic carbocycles. The number of hydrazone groups is 1. The molecule has 0 aliphatic rings. The molecule has 2 rings (SSSR count). The summed E-state index contributed by atoms with van der Waals surface area (Å²) in [6.45, 7) is 5.39. The van der Waals surface area contributed by atoms with Crippen molar-refractivity contribution < 1.29 is 15.0 Å². The average molecular weight is 406 g/mol. The van der Waals surface area contributed by atoms with Crippen LogP contribution < -0.4 is 10.7 Å². The highest BCUT2D eigenvalue weighted by molar-refractivity contribution is 9.10. The number of phenolic OH excluding ortho intramolecular Hbond substituents is 2. The lowest BCUT2D eigenvalue weighted by atomic mass is 10.0. The molecule has 0 radical (unpaired) electrons. The Morgan fingerprint density at radius 1 is 1.12 bits per heavy atom. The van der Waals surface area contributed by atoms with Crippen LogP contribution in [0.1, 0.15) is 22.3 Å². The van der Waals surface area contributed by atoms with Crippen LogP contribution in [-0.2, 0) is 4.79 Å². The molecule has 4 N–H and O–H groups in total. The van der Waals surface area contributed by atoms with Gasteiger partial charge in [0.25, 0.3) is 5.91 Å². The van der Waals surface area contributed by atoms with Gasteiger partial charge in [-0.3, -0.25) is 4.79 Å². The second kappa shape index (κ2) is 8.02. The molecule has 0 unspecified atom stereocenters. The summed E-state index contributed by atoms with van der Waals surface area (Å²) >= 11 is 3.27. The van der Waals surface area contributed by atoms with E-state index in [0.29, 0.717) is 21.2 Å². The lowest BCUT2D eigenvalue weighted by molar-refractivity contribution is -0.119. The monoisotopic (exact) mass is 405 g/mol. The summed E-state index contributed by atoms with van der Waals surface area (Å²) in [5.74, 6) is -0.406. The molecule has 132 valence electrons. The zero-order valence-corrected chi connectivity index (χ0v) is 15.8. The molecular weight excluding hydrogens is 386 g/mol.